The summed E-state index contributed by atoms with van der Waals surface area (Å²) >= 11 is 0. The Morgan fingerprint density at radius 3 is 2.91 bits per heavy atom. The monoisotopic (exact) mass is 314 g/mol. The predicted molar refractivity (Wildman–Crippen MR) is 88.5 cm³/mol. The van der Waals surface area contributed by atoms with Gasteiger partial charge in [0.25, 0.3) is 0 Å². The van der Waals surface area contributed by atoms with Gasteiger partial charge in [-0.15, -0.1) is 0 Å². The Labute approximate surface area is 135 Å². The maximum absolute atomic E-state index is 12.4. The fraction of sp³-hybridized carbons (Fsp3) is 0.471. The normalized spacial score (nSPS) is 14.1. The fourth-order valence-corrected chi connectivity index (χ4v) is 3.00. The molecule has 1 aromatic carbocycles. The molecule has 0 atom stereocenters. The van der Waals surface area contributed by atoms with E-state index in [9.17, 15) is 9.59 Å². The number of hydrogen-bond acceptors (Lipinski definition) is 3. The zero-order valence-electron chi connectivity index (χ0n) is 13.4. The van der Waals surface area contributed by atoms with Gasteiger partial charge in [-0.05, 0) is 30.9 Å². The lowest BCUT2D eigenvalue weighted by Gasteiger charge is -2.09. The lowest BCUT2D eigenvalue weighted by molar-refractivity contribution is -0.117. The summed E-state index contributed by atoms with van der Waals surface area (Å²) in [6.07, 6.45) is 4.82. The summed E-state index contributed by atoms with van der Waals surface area (Å²) in [6.45, 7) is 2.70. The van der Waals surface area contributed by atoms with E-state index in [4.69, 9.17) is 0 Å². The summed E-state index contributed by atoms with van der Waals surface area (Å²) in [5.41, 5.74) is 1.70. The largest absolute Gasteiger partial charge is 0.346 e. The van der Waals surface area contributed by atoms with Crippen molar-refractivity contribution in [3.8, 4) is 0 Å². The van der Waals surface area contributed by atoms with Gasteiger partial charge in [0.05, 0.1) is 0 Å². The molecule has 122 valence electrons. The molecule has 3 rings (SSSR count). The summed E-state index contributed by atoms with van der Waals surface area (Å²) in [7, 11) is 0. The van der Waals surface area contributed by atoms with Crippen molar-refractivity contribution in [1.82, 2.24) is 14.3 Å². The van der Waals surface area contributed by atoms with E-state index in [2.05, 4.69) is 10.4 Å². The van der Waals surface area contributed by atoms with Crippen LogP contribution < -0.4 is 11.0 Å². The Hall–Kier alpha value is -2.37. The molecule has 1 aromatic heterocycles. The number of anilines is 1. The topological polar surface area (TPSA) is 68.9 Å². The van der Waals surface area contributed by atoms with Gasteiger partial charge in [-0.3, -0.25) is 9.36 Å². The van der Waals surface area contributed by atoms with Gasteiger partial charge in [0.15, 0.2) is 0 Å². The van der Waals surface area contributed by atoms with Crippen LogP contribution in [0.15, 0.2) is 29.1 Å². The third-order valence-electron chi connectivity index (χ3n) is 4.25. The molecule has 0 spiro atoms. The van der Waals surface area contributed by atoms with Gasteiger partial charge in [-0.25, -0.2) is 9.48 Å². The number of aromatic nitrogens is 3. The van der Waals surface area contributed by atoms with Gasteiger partial charge >= 0.3 is 5.69 Å². The van der Waals surface area contributed by atoms with Crippen LogP contribution in [0.3, 0.4) is 0 Å². The van der Waals surface area contributed by atoms with Gasteiger partial charge < -0.3 is 5.32 Å². The quantitative estimate of drug-likeness (QED) is 0.938. The molecule has 0 bridgehead atoms. The first-order chi connectivity index (χ1) is 11.2. The number of nitrogens with zero attached hydrogens (tertiary/aromatic N) is 3. The molecule has 1 amide bonds. The van der Waals surface area contributed by atoms with Gasteiger partial charge in [-0.1, -0.05) is 31.5 Å². The molecule has 0 unspecified atom stereocenters. The van der Waals surface area contributed by atoms with Crippen molar-refractivity contribution in [2.24, 2.45) is 0 Å². The lowest BCUT2D eigenvalue weighted by atomic mass is 10.1. The number of rotatable bonds is 4. The molecule has 1 aliphatic heterocycles. The molecule has 6 nitrogen and oxygen atoms in total. The molecular formula is C17H22N4O2. The number of carbonyl (C=O) groups excluding carboxylic acids is 1. The standard InChI is InChI=1S/C17H22N4O2/c1-2-13-8-5-6-9-14(13)18-16(22)12-21-17(23)20-11-7-3-4-10-15(20)19-21/h5-6,8-9H,2-4,7,10-12H2,1H3,(H,18,22). The third-order valence-corrected chi connectivity index (χ3v) is 4.25. The van der Waals surface area contributed by atoms with E-state index in [1.54, 1.807) is 4.57 Å². The average Bonchev–Trinajstić information content (AvgIpc) is 2.73. The number of carbonyl (C=O) groups is 1. The predicted octanol–water partition coefficient (Wildman–Crippen LogP) is 1.97. The number of aryl methyl sites for hydroxylation is 2. The van der Waals surface area contributed by atoms with Crippen molar-refractivity contribution < 1.29 is 4.79 Å². The Morgan fingerprint density at radius 2 is 2.09 bits per heavy atom. The number of nitrogens with one attached hydrogen (secondary N) is 1. The Bertz CT molecular complexity index is 760. The third kappa shape index (κ3) is 3.36. The van der Waals surface area contributed by atoms with Crippen LogP contribution in [0, 0.1) is 0 Å². The van der Waals surface area contributed by atoms with Crippen LogP contribution >= 0.6 is 0 Å². The number of hydrogen-bond donors (Lipinski definition) is 1. The first-order valence-electron chi connectivity index (χ1n) is 8.23. The van der Waals surface area contributed by atoms with E-state index in [-0.39, 0.29) is 18.1 Å². The first-order valence-corrected chi connectivity index (χ1v) is 8.23. The number of amides is 1. The fourth-order valence-electron chi connectivity index (χ4n) is 3.00. The number of benzene rings is 1. The maximum atomic E-state index is 12.4. The minimum absolute atomic E-state index is 0.0448. The molecule has 6 heteroatoms. The van der Waals surface area contributed by atoms with E-state index >= 15 is 0 Å². The SMILES string of the molecule is CCc1ccccc1NC(=O)Cn1nc2n(c1=O)CCCCC2. The van der Waals surface area contributed by atoms with Crippen LogP contribution in [-0.4, -0.2) is 20.3 Å². The van der Waals surface area contributed by atoms with Crippen molar-refractivity contribution in [1.29, 1.82) is 0 Å². The van der Waals surface area contributed by atoms with E-state index in [0.29, 0.717) is 6.54 Å². The average molecular weight is 314 g/mol. The van der Waals surface area contributed by atoms with E-state index < -0.39 is 0 Å². The van der Waals surface area contributed by atoms with Crippen molar-refractivity contribution in [3.63, 3.8) is 0 Å². The Balaban J connectivity index is 1.75. The smallest absolute Gasteiger partial charge is 0.324 e. The maximum Gasteiger partial charge on any atom is 0.346 e. The highest BCUT2D eigenvalue weighted by molar-refractivity contribution is 5.91. The van der Waals surface area contributed by atoms with Crippen LogP contribution in [0.2, 0.25) is 0 Å². The zero-order valence-corrected chi connectivity index (χ0v) is 13.4. The van der Waals surface area contributed by atoms with E-state index in [1.165, 1.54) is 4.68 Å². The van der Waals surface area contributed by atoms with Gasteiger partial charge in [0.1, 0.15) is 12.4 Å². The molecular weight excluding hydrogens is 292 g/mol. The van der Waals surface area contributed by atoms with Crippen molar-refractivity contribution in [2.75, 3.05) is 5.32 Å². The highest BCUT2D eigenvalue weighted by atomic mass is 16.2. The highest BCUT2D eigenvalue weighted by Gasteiger charge is 2.17. The van der Waals surface area contributed by atoms with Crippen LogP contribution in [-0.2, 0) is 30.7 Å². The minimum atomic E-state index is -0.221. The molecule has 0 fully saturated rings. The summed E-state index contributed by atoms with van der Waals surface area (Å²) in [4.78, 5) is 24.6. The van der Waals surface area contributed by atoms with Crippen LogP contribution in [0.5, 0.6) is 0 Å². The minimum Gasteiger partial charge on any atom is -0.324 e. The lowest BCUT2D eigenvalue weighted by Crippen LogP contribution is -2.30. The summed E-state index contributed by atoms with van der Waals surface area (Å²) in [5, 5.41) is 7.22. The van der Waals surface area contributed by atoms with Crippen LogP contribution in [0.25, 0.3) is 0 Å². The molecule has 1 aliphatic rings. The molecule has 0 saturated carbocycles. The molecule has 2 heterocycles. The zero-order chi connectivity index (χ0) is 16.2. The van der Waals surface area contributed by atoms with Crippen molar-refractivity contribution in [3.05, 3.63) is 46.1 Å². The second-order valence-corrected chi connectivity index (χ2v) is 5.88. The number of fused-ring (bicyclic) bond motifs is 1. The molecule has 0 radical (unpaired) electrons. The highest BCUT2D eigenvalue weighted by Crippen LogP contribution is 2.15. The van der Waals surface area contributed by atoms with Gasteiger partial charge in [0, 0.05) is 18.7 Å². The van der Waals surface area contributed by atoms with Crippen LogP contribution in [0.4, 0.5) is 5.69 Å². The second kappa shape index (κ2) is 6.81. The molecule has 23 heavy (non-hydrogen) atoms. The molecule has 0 saturated heterocycles. The second-order valence-electron chi connectivity index (χ2n) is 5.88. The molecule has 0 aliphatic carbocycles. The van der Waals surface area contributed by atoms with Gasteiger partial charge in [-0.2, -0.15) is 5.10 Å². The Kier molecular flexibility index (Phi) is 4.60. The first kappa shape index (κ1) is 15.5. The van der Waals surface area contributed by atoms with Crippen molar-refractivity contribution in [2.45, 2.75) is 52.1 Å². The number of para-hydroxylation sites is 1. The Morgan fingerprint density at radius 1 is 1.26 bits per heavy atom. The summed E-state index contributed by atoms with van der Waals surface area (Å²) in [6, 6.07) is 7.70. The summed E-state index contributed by atoms with van der Waals surface area (Å²) < 4.78 is 2.99. The van der Waals surface area contributed by atoms with E-state index in [1.807, 2.05) is 31.2 Å². The van der Waals surface area contributed by atoms with Gasteiger partial charge in [0.2, 0.25) is 5.91 Å². The molecule has 2 aromatic rings. The van der Waals surface area contributed by atoms with E-state index in [0.717, 1.165) is 49.2 Å². The summed E-state index contributed by atoms with van der Waals surface area (Å²) in [5.74, 6) is 0.579. The van der Waals surface area contributed by atoms with Crippen molar-refractivity contribution >= 4 is 11.6 Å². The molecule has 1 N–H and O–H groups in total. The van der Waals surface area contributed by atoms with Crippen LogP contribution in [0.1, 0.15) is 37.6 Å².